The second-order valence-corrected chi connectivity index (χ2v) is 8.14. The first kappa shape index (κ1) is 20.4. The molecule has 0 saturated carbocycles. The van der Waals surface area contributed by atoms with E-state index in [0.29, 0.717) is 17.2 Å². The lowest BCUT2D eigenvalue weighted by Gasteiger charge is -2.39. The monoisotopic (exact) mass is 380 g/mol. The van der Waals surface area contributed by atoms with E-state index in [-0.39, 0.29) is 11.9 Å². The van der Waals surface area contributed by atoms with Crippen molar-refractivity contribution in [3.63, 3.8) is 0 Å². The highest BCUT2D eigenvalue weighted by molar-refractivity contribution is 6.08. The quantitative estimate of drug-likeness (QED) is 0.724. The number of carbonyl (C=O) groups excluding carboxylic acids is 1. The van der Waals surface area contributed by atoms with Gasteiger partial charge >= 0.3 is 0 Å². The van der Waals surface area contributed by atoms with E-state index in [1.54, 1.807) is 7.11 Å². The number of para-hydroxylation sites is 1. The van der Waals surface area contributed by atoms with Crippen LogP contribution < -0.4 is 9.64 Å². The lowest BCUT2D eigenvalue weighted by atomic mass is 9.99. The summed E-state index contributed by atoms with van der Waals surface area (Å²) in [5, 5.41) is 0. The lowest BCUT2D eigenvalue weighted by Crippen LogP contribution is -2.48. The Morgan fingerprint density at radius 1 is 1.14 bits per heavy atom. The molecule has 150 valence electrons. The number of likely N-dealkylation sites (tertiary alicyclic amines) is 1. The number of hydrogen-bond acceptors (Lipinski definition) is 3. The first-order chi connectivity index (χ1) is 13.5. The number of methoxy groups -OCH3 is 1. The fraction of sp³-hybridized carbons (Fsp3) is 0.458. The van der Waals surface area contributed by atoms with Crippen LogP contribution in [0.4, 0.5) is 5.69 Å². The first-order valence-electron chi connectivity index (χ1n) is 10.2. The molecule has 1 amide bonds. The molecule has 1 aliphatic heterocycles. The van der Waals surface area contributed by atoms with Gasteiger partial charge < -0.3 is 14.5 Å². The molecule has 0 radical (unpaired) electrons. The maximum Gasteiger partial charge on any atom is 0.262 e. The second kappa shape index (κ2) is 9.24. The van der Waals surface area contributed by atoms with Gasteiger partial charge in [-0.3, -0.25) is 4.79 Å². The Labute approximate surface area is 169 Å². The van der Waals surface area contributed by atoms with Crippen LogP contribution in [0, 0.1) is 12.8 Å². The Bertz CT molecular complexity index is 795. The summed E-state index contributed by atoms with van der Waals surface area (Å²) in [5.41, 5.74) is 2.75. The van der Waals surface area contributed by atoms with Gasteiger partial charge in [-0.1, -0.05) is 38.1 Å². The number of benzene rings is 2. The van der Waals surface area contributed by atoms with Gasteiger partial charge in [0.2, 0.25) is 0 Å². The van der Waals surface area contributed by atoms with Crippen LogP contribution in [0.15, 0.2) is 48.5 Å². The van der Waals surface area contributed by atoms with Crippen LogP contribution in [0.5, 0.6) is 5.75 Å². The van der Waals surface area contributed by atoms with Crippen molar-refractivity contribution in [2.24, 2.45) is 5.92 Å². The molecule has 0 aromatic heterocycles. The highest BCUT2D eigenvalue weighted by atomic mass is 16.5. The number of nitrogens with zero attached hydrogens (tertiary/aromatic N) is 2. The van der Waals surface area contributed by atoms with Crippen molar-refractivity contribution in [1.29, 1.82) is 0 Å². The molecule has 4 nitrogen and oxygen atoms in total. The van der Waals surface area contributed by atoms with E-state index in [4.69, 9.17) is 4.74 Å². The van der Waals surface area contributed by atoms with Gasteiger partial charge in [0.1, 0.15) is 5.75 Å². The average molecular weight is 381 g/mol. The van der Waals surface area contributed by atoms with Gasteiger partial charge in [-0.2, -0.15) is 0 Å². The van der Waals surface area contributed by atoms with Gasteiger partial charge in [0.15, 0.2) is 0 Å². The van der Waals surface area contributed by atoms with Crippen LogP contribution in [-0.4, -0.2) is 43.6 Å². The molecule has 0 aliphatic carbocycles. The van der Waals surface area contributed by atoms with E-state index in [0.717, 1.165) is 43.7 Å². The number of ether oxygens (including phenoxy) is 1. The molecule has 1 heterocycles. The third-order valence-electron chi connectivity index (χ3n) is 5.38. The molecule has 1 fully saturated rings. The molecule has 4 heteroatoms. The molecule has 1 saturated heterocycles. The summed E-state index contributed by atoms with van der Waals surface area (Å²) in [6, 6.07) is 16.0. The third kappa shape index (κ3) is 4.74. The zero-order valence-electron chi connectivity index (χ0n) is 17.5. The van der Waals surface area contributed by atoms with Crippen molar-refractivity contribution in [1.82, 2.24) is 4.90 Å². The van der Waals surface area contributed by atoms with E-state index in [1.807, 2.05) is 41.3 Å². The molecular weight excluding hydrogens is 348 g/mol. The van der Waals surface area contributed by atoms with Crippen LogP contribution in [0.25, 0.3) is 0 Å². The molecular formula is C24H32N2O2. The number of rotatable bonds is 6. The minimum absolute atomic E-state index is 0.0189. The van der Waals surface area contributed by atoms with Crippen molar-refractivity contribution >= 4 is 11.6 Å². The van der Waals surface area contributed by atoms with Gasteiger partial charge in [0.05, 0.1) is 12.7 Å². The van der Waals surface area contributed by atoms with E-state index < -0.39 is 0 Å². The summed E-state index contributed by atoms with van der Waals surface area (Å²) in [7, 11) is 1.62. The van der Waals surface area contributed by atoms with Crippen LogP contribution in [0.1, 0.15) is 42.6 Å². The lowest BCUT2D eigenvalue weighted by molar-refractivity contribution is 0.0954. The number of anilines is 1. The average Bonchev–Trinajstić information content (AvgIpc) is 2.69. The van der Waals surface area contributed by atoms with Crippen molar-refractivity contribution < 1.29 is 9.53 Å². The zero-order chi connectivity index (χ0) is 20.1. The Kier molecular flexibility index (Phi) is 6.74. The molecule has 0 unspecified atom stereocenters. The van der Waals surface area contributed by atoms with Gasteiger partial charge in [0, 0.05) is 31.4 Å². The number of carbonyl (C=O) groups is 1. The van der Waals surface area contributed by atoms with Crippen LogP contribution >= 0.6 is 0 Å². The van der Waals surface area contributed by atoms with Crippen molar-refractivity contribution in [2.75, 3.05) is 31.6 Å². The summed E-state index contributed by atoms with van der Waals surface area (Å²) in [6.07, 6.45) is 1.98. The summed E-state index contributed by atoms with van der Waals surface area (Å²) >= 11 is 0. The van der Waals surface area contributed by atoms with Gasteiger partial charge in [0.25, 0.3) is 5.91 Å². The molecule has 1 aliphatic rings. The standard InChI is InChI=1S/C24H32N2O2/c1-18(2)17-25-14-12-20(13-15-25)26(21-9-7-8-19(3)16-21)24(27)22-10-5-6-11-23(22)28-4/h5-11,16,18,20H,12-15,17H2,1-4H3. The fourth-order valence-corrected chi connectivity index (χ4v) is 4.10. The number of piperidine rings is 1. The maximum atomic E-state index is 13.6. The topological polar surface area (TPSA) is 32.8 Å². The van der Waals surface area contributed by atoms with Crippen molar-refractivity contribution in [3.05, 3.63) is 59.7 Å². The van der Waals surface area contributed by atoms with Crippen LogP contribution in [0.3, 0.4) is 0 Å². The molecule has 28 heavy (non-hydrogen) atoms. The van der Waals surface area contributed by atoms with Crippen molar-refractivity contribution in [2.45, 2.75) is 39.7 Å². The highest BCUT2D eigenvalue weighted by Crippen LogP contribution is 2.29. The smallest absolute Gasteiger partial charge is 0.262 e. The van der Waals surface area contributed by atoms with E-state index in [1.165, 1.54) is 0 Å². The largest absolute Gasteiger partial charge is 0.496 e. The van der Waals surface area contributed by atoms with Crippen LogP contribution in [-0.2, 0) is 0 Å². The molecule has 3 rings (SSSR count). The van der Waals surface area contributed by atoms with Gasteiger partial charge in [-0.15, -0.1) is 0 Å². The Balaban J connectivity index is 1.89. The third-order valence-corrected chi connectivity index (χ3v) is 5.38. The minimum atomic E-state index is 0.0189. The van der Waals surface area contributed by atoms with E-state index in [9.17, 15) is 4.79 Å². The molecule has 2 aromatic rings. The highest BCUT2D eigenvalue weighted by Gasteiger charge is 2.31. The number of hydrogen-bond donors (Lipinski definition) is 0. The molecule has 0 spiro atoms. The molecule has 2 aromatic carbocycles. The zero-order valence-corrected chi connectivity index (χ0v) is 17.5. The predicted octanol–water partition coefficient (Wildman–Crippen LogP) is 4.77. The Morgan fingerprint density at radius 3 is 2.50 bits per heavy atom. The minimum Gasteiger partial charge on any atom is -0.496 e. The van der Waals surface area contributed by atoms with Crippen LogP contribution in [0.2, 0.25) is 0 Å². The summed E-state index contributed by atoms with van der Waals surface area (Å²) in [5.74, 6) is 1.31. The fourth-order valence-electron chi connectivity index (χ4n) is 4.10. The van der Waals surface area contributed by atoms with Crippen molar-refractivity contribution in [3.8, 4) is 5.75 Å². The predicted molar refractivity (Wildman–Crippen MR) is 115 cm³/mol. The summed E-state index contributed by atoms with van der Waals surface area (Å²) in [4.78, 5) is 18.1. The van der Waals surface area contributed by atoms with Gasteiger partial charge in [-0.25, -0.2) is 0 Å². The summed E-state index contributed by atoms with van der Waals surface area (Å²) < 4.78 is 5.47. The Hall–Kier alpha value is -2.33. The second-order valence-electron chi connectivity index (χ2n) is 8.14. The molecule has 0 atom stereocenters. The normalized spacial score (nSPS) is 15.6. The summed E-state index contributed by atoms with van der Waals surface area (Å²) in [6.45, 7) is 9.78. The number of aryl methyl sites for hydroxylation is 1. The first-order valence-corrected chi connectivity index (χ1v) is 10.2. The van der Waals surface area contributed by atoms with Gasteiger partial charge in [-0.05, 0) is 55.5 Å². The molecule has 0 bridgehead atoms. The Morgan fingerprint density at radius 2 is 1.86 bits per heavy atom. The maximum absolute atomic E-state index is 13.6. The van der Waals surface area contributed by atoms with E-state index >= 15 is 0 Å². The molecule has 0 N–H and O–H groups in total. The SMILES string of the molecule is COc1ccccc1C(=O)N(c1cccc(C)c1)C1CCN(CC(C)C)CC1. The number of amides is 1. The van der Waals surface area contributed by atoms with E-state index in [2.05, 4.69) is 37.8 Å².